The molecule has 4 rings (SSSR count). The maximum Gasteiger partial charge on any atom is 0.317 e. The molecule has 1 heterocycles. The van der Waals surface area contributed by atoms with Crippen LogP contribution < -0.4 is 15.4 Å². The lowest BCUT2D eigenvalue weighted by atomic mass is 9.96. The molecular formula is C28H42N4O5. The summed E-state index contributed by atoms with van der Waals surface area (Å²) in [5, 5.41) is 15.9. The Morgan fingerprint density at radius 2 is 1.92 bits per heavy atom. The Morgan fingerprint density at radius 3 is 2.59 bits per heavy atom. The molecule has 2 fully saturated rings. The molecule has 9 heteroatoms. The van der Waals surface area contributed by atoms with Gasteiger partial charge in [0, 0.05) is 42.7 Å². The van der Waals surface area contributed by atoms with Crippen LogP contribution >= 0.6 is 0 Å². The standard InChI is InChI=1S/C28H42N4O5/c1-18-15-32(19(2)17-33)26(34)14-21-13-23(29-27(35)20-9-10-20)11-12-24(21)37-25(18)16-31(3)28(36)30-22-7-5-4-6-8-22/h11-13,18-20,22,25,33H,4-10,14-17H2,1-3H3,(H,29,35)(H,30,36)/t18-,19+,25+/m1/s1. The predicted molar refractivity (Wildman–Crippen MR) is 141 cm³/mol. The summed E-state index contributed by atoms with van der Waals surface area (Å²) < 4.78 is 6.49. The highest BCUT2D eigenvalue weighted by Gasteiger charge is 2.33. The van der Waals surface area contributed by atoms with E-state index in [1.807, 2.05) is 19.9 Å². The van der Waals surface area contributed by atoms with E-state index in [2.05, 4.69) is 10.6 Å². The third kappa shape index (κ3) is 7.15. The highest BCUT2D eigenvalue weighted by atomic mass is 16.5. The summed E-state index contributed by atoms with van der Waals surface area (Å²) >= 11 is 0. The fourth-order valence-electron chi connectivity index (χ4n) is 5.20. The molecule has 9 nitrogen and oxygen atoms in total. The van der Waals surface area contributed by atoms with Crippen LogP contribution in [0.3, 0.4) is 0 Å². The fraction of sp³-hybridized carbons (Fsp3) is 0.679. The second-order valence-electron chi connectivity index (χ2n) is 11.1. The molecule has 3 aliphatic rings. The number of urea groups is 1. The monoisotopic (exact) mass is 514 g/mol. The van der Waals surface area contributed by atoms with Gasteiger partial charge in [0.15, 0.2) is 0 Å². The smallest absolute Gasteiger partial charge is 0.317 e. The van der Waals surface area contributed by atoms with Crippen molar-refractivity contribution >= 4 is 23.5 Å². The maximum atomic E-state index is 13.3. The number of ether oxygens (including phenoxy) is 1. The summed E-state index contributed by atoms with van der Waals surface area (Å²) in [6, 6.07) is 5.17. The number of fused-ring (bicyclic) bond motifs is 1. The van der Waals surface area contributed by atoms with E-state index in [4.69, 9.17) is 4.74 Å². The number of nitrogens with one attached hydrogen (secondary N) is 2. The van der Waals surface area contributed by atoms with Crippen molar-refractivity contribution in [1.29, 1.82) is 0 Å². The van der Waals surface area contributed by atoms with Gasteiger partial charge in [0.05, 0.1) is 25.6 Å². The first kappa shape index (κ1) is 27.2. The third-order valence-corrected chi connectivity index (χ3v) is 7.87. The minimum Gasteiger partial charge on any atom is -0.488 e. The molecule has 0 aromatic heterocycles. The molecule has 0 bridgehead atoms. The zero-order chi connectivity index (χ0) is 26.5. The summed E-state index contributed by atoms with van der Waals surface area (Å²) in [5.74, 6) is 0.456. The van der Waals surface area contributed by atoms with E-state index < -0.39 is 0 Å². The molecule has 1 aliphatic heterocycles. The van der Waals surface area contributed by atoms with Crippen molar-refractivity contribution in [2.45, 2.75) is 83.4 Å². The van der Waals surface area contributed by atoms with Gasteiger partial charge in [-0.25, -0.2) is 4.79 Å². The first-order valence-corrected chi connectivity index (χ1v) is 13.8. The summed E-state index contributed by atoms with van der Waals surface area (Å²) in [5.41, 5.74) is 1.32. The van der Waals surface area contributed by atoms with Gasteiger partial charge in [-0.3, -0.25) is 9.59 Å². The van der Waals surface area contributed by atoms with Crippen LogP contribution in [-0.4, -0.2) is 77.7 Å². The molecule has 2 saturated carbocycles. The Morgan fingerprint density at radius 1 is 1.19 bits per heavy atom. The Hall–Kier alpha value is -2.81. The third-order valence-electron chi connectivity index (χ3n) is 7.87. The van der Waals surface area contributed by atoms with Crippen molar-refractivity contribution in [3.05, 3.63) is 23.8 Å². The molecule has 0 saturated heterocycles. The van der Waals surface area contributed by atoms with Crippen molar-refractivity contribution < 1.29 is 24.2 Å². The van der Waals surface area contributed by atoms with E-state index in [1.54, 1.807) is 29.0 Å². The van der Waals surface area contributed by atoms with Crippen LogP contribution in [0.15, 0.2) is 18.2 Å². The lowest BCUT2D eigenvalue weighted by molar-refractivity contribution is -0.134. The van der Waals surface area contributed by atoms with Gasteiger partial charge in [0.25, 0.3) is 0 Å². The highest BCUT2D eigenvalue weighted by Crippen LogP contribution is 2.32. The minimum absolute atomic E-state index is 0.00268. The molecule has 204 valence electrons. The molecule has 4 amide bonds. The number of nitrogens with zero attached hydrogens (tertiary/aromatic N) is 2. The van der Waals surface area contributed by atoms with E-state index in [9.17, 15) is 19.5 Å². The van der Waals surface area contributed by atoms with Crippen LogP contribution in [0.4, 0.5) is 10.5 Å². The summed E-state index contributed by atoms with van der Waals surface area (Å²) in [6.45, 7) is 4.46. The predicted octanol–water partition coefficient (Wildman–Crippen LogP) is 3.16. The number of amides is 4. The molecule has 3 N–H and O–H groups in total. The zero-order valence-corrected chi connectivity index (χ0v) is 22.4. The van der Waals surface area contributed by atoms with Crippen LogP contribution in [0.25, 0.3) is 0 Å². The summed E-state index contributed by atoms with van der Waals surface area (Å²) in [7, 11) is 1.78. The van der Waals surface area contributed by atoms with Gasteiger partial charge in [-0.15, -0.1) is 0 Å². The number of hydrogen-bond acceptors (Lipinski definition) is 5. The molecular weight excluding hydrogens is 472 g/mol. The average molecular weight is 515 g/mol. The van der Waals surface area contributed by atoms with E-state index in [0.717, 1.165) is 38.5 Å². The topological polar surface area (TPSA) is 111 Å². The van der Waals surface area contributed by atoms with Gasteiger partial charge in [-0.1, -0.05) is 26.2 Å². The molecule has 37 heavy (non-hydrogen) atoms. The number of aliphatic hydroxyl groups excluding tert-OH is 1. The summed E-state index contributed by atoms with van der Waals surface area (Å²) in [4.78, 5) is 42.0. The van der Waals surface area contributed by atoms with E-state index in [0.29, 0.717) is 30.1 Å². The first-order valence-electron chi connectivity index (χ1n) is 13.8. The second-order valence-corrected chi connectivity index (χ2v) is 11.1. The van der Waals surface area contributed by atoms with E-state index >= 15 is 0 Å². The van der Waals surface area contributed by atoms with E-state index in [-0.39, 0.29) is 60.9 Å². The molecule has 1 aromatic rings. The number of carbonyl (C=O) groups is 3. The van der Waals surface area contributed by atoms with Crippen LogP contribution in [0.2, 0.25) is 0 Å². The van der Waals surface area contributed by atoms with Crippen molar-refractivity contribution in [2.75, 3.05) is 32.1 Å². The van der Waals surface area contributed by atoms with Gasteiger partial charge in [0.2, 0.25) is 11.8 Å². The number of aliphatic hydroxyl groups is 1. The number of anilines is 1. The second kappa shape index (κ2) is 12.2. The number of hydrogen-bond donors (Lipinski definition) is 3. The van der Waals surface area contributed by atoms with Crippen LogP contribution in [0.1, 0.15) is 64.4 Å². The number of rotatable bonds is 7. The molecule has 2 aliphatic carbocycles. The van der Waals surface area contributed by atoms with Crippen molar-refractivity contribution in [1.82, 2.24) is 15.1 Å². The van der Waals surface area contributed by atoms with Crippen molar-refractivity contribution in [2.24, 2.45) is 11.8 Å². The van der Waals surface area contributed by atoms with Crippen molar-refractivity contribution in [3.8, 4) is 5.75 Å². The normalized spacial score (nSPS) is 23.6. The SMILES string of the molecule is C[C@@H]1CN([C@@H](C)CO)C(=O)Cc2cc(NC(=O)C3CC3)ccc2O[C@H]1CN(C)C(=O)NC1CCCCC1. The summed E-state index contributed by atoms with van der Waals surface area (Å²) in [6.07, 6.45) is 7.09. The van der Waals surface area contributed by atoms with Gasteiger partial charge in [-0.2, -0.15) is 0 Å². The van der Waals surface area contributed by atoms with Crippen LogP contribution in [0.5, 0.6) is 5.75 Å². The Bertz CT molecular complexity index is 975. The molecule has 3 atom stereocenters. The lowest BCUT2D eigenvalue weighted by Crippen LogP contribution is -2.50. The molecule has 0 radical (unpaired) electrons. The quantitative estimate of drug-likeness (QED) is 0.518. The molecule has 1 aromatic carbocycles. The lowest BCUT2D eigenvalue weighted by Gasteiger charge is -2.34. The van der Waals surface area contributed by atoms with E-state index in [1.165, 1.54) is 6.42 Å². The number of benzene rings is 1. The van der Waals surface area contributed by atoms with Crippen LogP contribution in [0, 0.1) is 11.8 Å². The minimum atomic E-state index is -0.368. The number of likely N-dealkylation sites (N-methyl/N-ethyl adjacent to an activating group) is 1. The Balaban J connectivity index is 1.54. The Labute approximate surface area is 219 Å². The van der Waals surface area contributed by atoms with Gasteiger partial charge in [0.1, 0.15) is 11.9 Å². The highest BCUT2D eigenvalue weighted by molar-refractivity contribution is 5.94. The first-order chi connectivity index (χ1) is 17.7. The van der Waals surface area contributed by atoms with Gasteiger partial charge >= 0.3 is 6.03 Å². The fourth-order valence-corrected chi connectivity index (χ4v) is 5.20. The largest absolute Gasteiger partial charge is 0.488 e. The van der Waals surface area contributed by atoms with Crippen LogP contribution in [-0.2, 0) is 16.0 Å². The molecule has 0 unspecified atom stereocenters. The van der Waals surface area contributed by atoms with Gasteiger partial charge in [-0.05, 0) is 50.8 Å². The average Bonchev–Trinajstić information content (AvgIpc) is 3.73. The van der Waals surface area contributed by atoms with Crippen molar-refractivity contribution in [3.63, 3.8) is 0 Å². The molecule has 0 spiro atoms. The maximum absolute atomic E-state index is 13.3. The zero-order valence-electron chi connectivity index (χ0n) is 22.4. The number of carbonyl (C=O) groups excluding carboxylic acids is 3. The Kier molecular flexibility index (Phi) is 8.95. The van der Waals surface area contributed by atoms with Gasteiger partial charge < -0.3 is 30.3 Å².